The van der Waals surface area contributed by atoms with E-state index >= 15 is 0 Å². The van der Waals surface area contributed by atoms with E-state index in [1.807, 2.05) is 53.9 Å². The van der Waals surface area contributed by atoms with Crippen LogP contribution in [0.4, 0.5) is 5.69 Å². The second-order valence-electron chi connectivity index (χ2n) is 6.83. The average molecular weight is 467 g/mol. The Morgan fingerprint density at radius 1 is 0.844 bits per heavy atom. The maximum atomic E-state index is 12.7. The van der Waals surface area contributed by atoms with E-state index in [1.165, 1.54) is 15.6 Å². The van der Waals surface area contributed by atoms with Crippen molar-refractivity contribution in [1.82, 2.24) is 4.98 Å². The summed E-state index contributed by atoms with van der Waals surface area (Å²) in [6.07, 6.45) is 1.65. The first-order chi connectivity index (χ1) is 15.5. The first-order valence-corrected chi connectivity index (χ1v) is 12.5. The van der Waals surface area contributed by atoms with E-state index in [0.717, 1.165) is 10.8 Å². The molecular formula is C24H22N2O4S2. The zero-order valence-corrected chi connectivity index (χ0v) is 19.1. The van der Waals surface area contributed by atoms with Gasteiger partial charge in [0.2, 0.25) is 10.0 Å². The lowest BCUT2D eigenvalue weighted by Gasteiger charge is -2.23. The Morgan fingerprint density at radius 3 is 2.06 bits per heavy atom. The molecule has 0 N–H and O–H groups in total. The van der Waals surface area contributed by atoms with Crippen molar-refractivity contribution in [2.75, 3.05) is 10.1 Å². The highest BCUT2D eigenvalue weighted by Gasteiger charge is 2.21. The van der Waals surface area contributed by atoms with E-state index in [1.54, 1.807) is 43.5 Å². The van der Waals surface area contributed by atoms with Gasteiger partial charge in [-0.2, -0.15) is 0 Å². The molecule has 0 fully saturated rings. The number of anilines is 1. The summed E-state index contributed by atoms with van der Waals surface area (Å²) in [5, 5.41) is 2.78. The Labute approximate surface area is 191 Å². The Hall–Kier alpha value is -3.36. The average Bonchev–Trinajstić information content (AvgIpc) is 3.33. The van der Waals surface area contributed by atoms with E-state index in [2.05, 4.69) is 4.98 Å². The molecule has 0 saturated heterocycles. The van der Waals surface area contributed by atoms with E-state index in [4.69, 9.17) is 9.47 Å². The number of rotatable bonds is 9. The Bertz CT molecular complexity index is 1230. The maximum absolute atomic E-state index is 12.7. The van der Waals surface area contributed by atoms with E-state index < -0.39 is 10.0 Å². The molecule has 0 radical (unpaired) electrons. The topological polar surface area (TPSA) is 68.7 Å². The summed E-state index contributed by atoms with van der Waals surface area (Å²) in [7, 11) is -3.47. The quantitative estimate of drug-likeness (QED) is 0.299. The second-order valence-corrected chi connectivity index (χ2v) is 9.92. The fourth-order valence-corrected chi connectivity index (χ4v) is 4.65. The van der Waals surface area contributed by atoms with Crippen molar-refractivity contribution in [3.63, 3.8) is 0 Å². The molecule has 0 unspecified atom stereocenters. The predicted octanol–water partition coefficient (Wildman–Crippen LogP) is 6.08. The normalized spacial score (nSPS) is 11.2. The van der Waals surface area contributed by atoms with Crippen LogP contribution in [-0.2, 0) is 16.6 Å². The largest absolute Gasteiger partial charge is 0.457 e. The first-order valence-electron chi connectivity index (χ1n) is 10.0. The van der Waals surface area contributed by atoms with Gasteiger partial charge in [0, 0.05) is 6.20 Å². The summed E-state index contributed by atoms with van der Waals surface area (Å²) in [6.45, 7) is 1.80. The zero-order valence-electron chi connectivity index (χ0n) is 17.4. The summed E-state index contributed by atoms with van der Waals surface area (Å²) in [5.74, 6) is 1.98. The van der Waals surface area contributed by atoms with Crippen molar-refractivity contribution in [3.05, 3.63) is 96.1 Å². The van der Waals surface area contributed by atoms with Gasteiger partial charge in [-0.25, -0.2) is 8.42 Å². The predicted molar refractivity (Wildman–Crippen MR) is 127 cm³/mol. The molecule has 0 aliphatic rings. The summed E-state index contributed by atoms with van der Waals surface area (Å²) >= 11 is 1.53. The van der Waals surface area contributed by atoms with E-state index in [-0.39, 0.29) is 12.3 Å². The number of ether oxygens (including phenoxy) is 2. The van der Waals surface area contributed by atoms with Gasteiger partial charge in [-0.15, -0.1) is 11.3 Å². The van der Waals surface area contributed by atoms with Crippen molar-refractivity contribution < 1.29 is 17.9 Å². The fourth-order valence-electron chi connectivity index (χ4n) is 2.97. The Balaban J connectivity index is 1.47. The fraction of sp³-hybridized carbons (Fsp3) is 0.125. The minimum atomic E-state index is -3.47. The molecule has 0 bridgehead atoms. The third-order valence-electron chi connectivity index (χ3n) is 4.63. The summed E-state index contributed by atoms with van der Waals surface area (Å²) in [4.78, 5) is 4.26. The molecule has 0 aliphatic carbocycles. The van der Waals surface area contributed by atoms with Gasteiger partial charge in [0.15, 0.2) is 5.06 Å². The molecule has 6 nitrogen and oxygen atoms in total. The molecule has 2 aromatic carbocycles. The molecule has 2 heterocycles. The number of nitrogens with zero attached hydrogens (tertiary/aromatic N) is 2. The number of thiophene rings is 1. The van der Waals surface area contributed by atoms with Crippen LogP contribution in [0.25, 0.3) is 0 Å². The van der Waals surface area contributed by atoms with Gasteiger partial charge in [-0.3, -0.25) is 9.29 Å². The molecule has 0 atom stereocenters. The maximum Gasteiger partial charge on any atom is 0.235 e. The molecule has 0 saturated carbocycles. The van der Waals surface area contributed by atoms with Crippen LogP contribution in [-0.4, -0.2) is 19.2 Å². The molecular weight excluding hydrogens is 444 g/mol. The standard InChI is InChI=1S/C24H22N2O4S2/c1-2-32(27,28)26(18-19-6-3-4-16-25-19)20-8-10-21(11-9-20)29-22-12-14-23(15-13-22)30-24-7-5-17-31-24/h3-17H,2,18H2,1H3. The van der Waals surface area contributed by atoms with Gasteiger partial charge in [-0.05, 0) is 85.1 Å². The van der Waals surface area contributed by atoms with Crippen LogP contribution in [0.3, 0.4) is 0 Å². The van der Waals surface area contributed by atoms with Gasteiger partial charge in [0.05, 0.1) is 23.7 Å². The molecule has 0 spiro atoms. The molecule has 8 heteroatoms. The van der Waals surface area contributed by atoms with Crippen LogP contribution in [0, 0.1) is 0 Å². The minimum Gasteiger partial charge on any atom is -0.457 e. The Kier molecular flexibility index (Phi) is 6.72. The summed E-state index contributed by atoms with van der Waals surface area (Å²) in [6, 6.07) is 23.6. The van der Waals surface area contributed by atoms with Gasteiger partial charge in [-0.1, -0.05) is 6.07 Å². The number of hydrogen-bond acceptors (Lipinski definition) is 6. The number of hydrogen-bond donors (Lipinski definition) is 0. The molecule has 32 heavy (non-hydrogen) atoms. The van der Waals surface area contributed by atoms with Gasteiger partial charge in [0.1, 0.15) is 17.2 Å². The summed E-state index contributed by atoms with van der Waals surface area (Å²) in [5.41, 5.74) is 1.24. The Morgan fingerprint density at radius 2 is 1.50 bits per heavy atom. The number of pyridine rings is 1. The zero-order chi connectivity index (χ0) is 22.4. The van der Waals surface area contributed by atoms with Crippen LogP contribution in [0.5, 0.6) is 22.3 Å². The highest BCUT2D eigenvalue weighted by Crippen LogP contribution is 2.30. The van der Waals surface area contributed by atoms with Crippen molar-refractivity contribution in [2.45, 2.75) is 13.5 Å². The van der Waals surface area contributed by atoms with Crippen molar-refractivity contribution in [1.29, 1.82) is 0 Å². The van der Waals surface area contributed by atoms with Crippen LogP contribution in [0.2, 0.25) is 0 Å². The molecule has 4 rings (SSSR count). The minimum absolute atomic E-state index is 0.00201. The first kappa shape index (κ1) is 21.9. The molecule has 4 aromatic rings. The van der Waals surface area contributed by atoms with E-state index in [0.29, 0.717) is 22.9 Å². The lowest BCUT2D eigenvalue weighted by molar-refractivity contribution is 0.474. The van der Waals surface area contributed by atoms with Crippen molar-refractivity contribution in [2.24, 2.45) is 0 Å². The van der Waals surface area contributed by atoms with Crippen LogP contribution in [0.15, 0.2) is 90.4 Å². The second kappa shape index (κ2) is 9.84. The van der Waals surface area contributed by atoms with Crippen molar-refractivity contribution >= 4 is 27.0 Å². The SMILES string of the molecule is CCS(=O)(=O)N(Cc1ccccn1)c1ccc(Oc2ccc(Oc3cccs3)cc2)cc1. The molecule has 2 aromatic heterocycles. The van der Waals surface area contributed by atoms with Crippen LogP contribution < -0.4 is 13.8 Å². The number of aromatic nitrogens is 1. The number of benzene rings is 2. The third kappa shape index (κ3) is 5.46. The van der Waals surface area contributed by atoms with Gasteiger partial charge >= 0.3 is 0 Å². The van der Waals surface area contributed by atoms with Gasteiger partial charge in [0.25, 0.3) is 0 Å². The third-order valence-corrected chi connectivity index (χ3v) is 7.12. The molecule has 0 amide bonds. The van der Waals surface area contributed by atoms with Crippen LogP contribution >= 0.6 is 11.3 Å². The number of sulfonamides is 1. The van der Waals surface area contributed by atoms with Crippen LogP contribution in [0.1, 0.15) is 12.6 Å². The molecule has 0 aliphatic heterocycles. The smallest absolute Gasteiger partial charge is 0.235 e. The van der Waals surface area contributed by atoms with Crippen molar-refractivity contribution in [3.8, 4) is 22.3 Å². The summed E-state index contributed by atoms with van der Waals surface area (Å²) < 4.78 is 38.4. The van der Waals surface area contributed by atoms with Gasteiger partial charge < -0.3 is 9.47 Å². The monoisotopic (exact) mass is 466 g/mol. The van der Waals surface area contributed by atoms with E-state index in [9.17, 15) is 8.42 Å². The lowest BCUT2D eigenvalue weighted by atomic mass is 10.2. The molecule has 164 valence electrons. The lowest BCUT2D eigenvalue weighted by Crippen LogP contribution is -2.32. The highest BCUT2D eigenvalue weighted by molar-refractivity contribution is 7.92. The highest BCUT2D eigenvalue weighted by atomic mass is 32.2.